The number of carbonyl (C=O) groups excluding carboxylic acids is 2. The second kappa shape index (κ2) is 7.33. The lowest BCUT2D eigenvalue weighted by Gasteiger charge is -2.22. The number of ketones is 1. The molecule has 4 rings (SSSR count). The predicted octanol–water partition coefficient (Wildman–Crippen LogP) is 3.74. The molecule has 1 amide bonds. The van der Waals surface area contributed by atoms with Crippen molar-refractivity contribution >= 4 is 28.2 Å². The maximum absolute atomic E-state index is 13.1. The van der Waals surface area contributed by atoms with Crippen LogP contribution in [0.15, 0.2) is 60.7 Å². The Hall–Kier alpha value is -3.18. The zero-order chi connectivity index (χ0) is 20.6. The van der Waals surface area contributed by atoms with Crippen molar-refractivity contribution in [3.63, 3.8) is 0 Å². The normalized spacial score (nSPS) is 18.2. The molecule has 5 heteroatoms. The number of benzene rings is 3. The molecule has 148 valence electrons. The number of aliphatic hydroxyl groups is 1. The SMILES string of the molecule is CC(=O)C[C@@]1(O)C(=O)N(CCOc2ccc3ccccc3c2)c2c(C)cccc21. The van der Waals surface area contributed by atoms with Gasteiger partial charge in [0.1, 0.15) is 18.1 Å². The number of Topliss-reactive ketones (excluding diaryl/α,β-unsaturated/α-hetero) is 1. The third kappa shape index (κ3) is 3.38. The van der Waals surface area contributed by atoms with Gasteiger partial charge in [0.15, 0.2) is 5.60 Å². The first kappa shape index (κ1) is 19.2. The fourth-order valence-electron chi connectivity index (χ4n) is 4.05. The van der Waals surface area contributed by atoms with E-state index in [1.807, 2.05) is 55.5 Å². The molecule has 1 N–H and O–H groups in total. The van der Waals surface area contributed by atoms with Crippen LogP contribution in [0.5, 0.6) is 5.75 Å². The molecular weight excluding hydrogens is 366 g/mol. The summed E-state index contributed by atoms with van der Waals surface area (Å²) in [6.45, 7) is 3.83. The van der Waals surface area contributed by atoms with Crippen LogP contribution in [0.2, 0.25) is 0 Å². The molecule has 0 aliphatic carbocycles. The van der Waals surface area contributed by atoms with Crippen molar-refractivity contribution in [2.75, 3.05) is 18.1 Å². The number of anilines is 1. The molecule has 5 nitrogen and oxygen atoms in total. The summed E-state index contributed by atoms with van der Waals surface area (Å²) in [6, 6.07) is 19.3. The van der Waals surface area contributed by atoms with Crippen molar-refractivity contribution in [3.05, 3.63) is 71.8 Å². The number of amides is 1. The van der Waals surface area contributed by atoms with Crippen molar-refractivity contribution in [1.82, 2.24) is 0 Å². The molecule has 3 aromatic rings. The number of hydrogen-bond donors (Lipinski definition) is 1. The fraction of sp³-hybridized carbons (Fsp3) is 0.250. The van der Waals surface area contributed by atoms with Crippen molar-refractivity contribution in [2.24, 2.45) is 0 Å². The third-order valence-corrected chi connectivity index (χ3v) is 5.36. The van der Waals surface area contributed by atoms with Crippen LogP contribution in [0.1, 0.15) is 24.5 Å². The van der Waals surface area contributed by atoms with Gasteiger partial charge < -0.3 is 14.7 Å². The standard InChI is InChI=1S/C24H23NO4/c1-16-6-5-9-21-22(16)25(23(27)24(21,28)15-17(2)26)12-13-29-20-11-10-18-7-3-4-8-19(18)14-20/h3-11,14,28H,12-13,15H2,1-2H3/t24-/m0/s1. The molecule has 29 heavy (non-hydrogen) atoms. The summed E-state index contributed by atoms with van der Waals surface area (Å²) >= 11 is 0. The van der Waals surface area contributed by atoms with Crippen LogP contribution in [-0.4, -0.2) is 29.9 Å². The molecule has 0 saturated carbocycles. The maximum Gasteiger partial charge on any atom is 0.264 e. The average Bonchev–Trinajstić information content (AvgIpc) is 2.90. The van der Waals surface area contributed by atoms with Gasteiger partial charge in [-0.25, -0.2) is 0 Å². The van der Waals surface area contributed by atoms with E-state index >= 15 is 0 Å². The Labute approximate surface area is 169 Å². The van der Waals surface area contributed by atoms with E-state index in [9.17, 15) is 14.7 Å². The number of para-hydroxylation sites is 1. The second-order valence-electron chi connectivity index (χ2n) is 7.52. The van der Waals surface area contributed by atoms with Crippen molar-refractivity contribution in [3.8, 4) is 5.75 Å². The van der Waals surface area contributed by atoms with E-state index in [0.717, 1.165) is 22.1 Å². The van der Waals surface area contributed by atoms with E-state index in [4.69, 9.17) is 4.74 Å². The highest BCUT2D eigenvalue weighted by Gasteiger charge is 2.50. The summed E-state index contributed by atoms with van der Waals surface area (Å²) in [7, 11) is 0. The molecule has 0 unspecified atom stereocenters. The highest BCUT2D eigenvalue weighted by atomic mass is 16.5. The van der Waals surface area contributed by atoms with Gasteiger partial charge >= 0.3 is 0 Å². The molecule has 1 atom stereocenters. The summed E-state index contributed by atoms with van der Waals surface area (Å²) in [6.07, 6.45) is -0.232. The number of fused-ring (bicyclic) bond motifs is 2. The quantitative estimate of drug-likeness (QED) is 0.697. The van der Waals surface area contributed by atoms with Gasteiger partial charge in [0.05, 0.1) is 12.2 Å². The molecule has 1 aliphatic rings. The first-order chi connectivity index (χ1) is 13.9. The molecule has 3 aromatic carbocycles. The molecule has 1 heterocycles. The number of aryl methyl sites for hydroxylation is 1. The Morgan fingerprint density at radius 3 is 2.59 bits per heavy atom. The molecule has 1 aliphatic heterocycles. The van der Waals surface area contributed by atoms with Gasteiger partial charge in [0, 0.05) is 12.0 Å². The predicted molar refractivity (Wildman–Crippen MR) is 112 cm³/mol. The van der Waals surface area contributed by atoms with E-state index < -0.39 is 11.5 Å². The Morgan fingerprint density at radius 1 is 1.07 bits per heavy atom. The first-order valence-corrected chi connectivity index (χ1v) is 9.65. The van der Waals surface area contributed by atoms with Crippen LogP contribution in [0.4, 0.5) is 5.69 Å². The first-order valence-electron chi connectivity index (χ1n) is 9.65. The molecule has 0 spiro atoms. The van der Waals surface area contributed by atoms with Crippen LogP contribution in [-0.2, 0) is 15.2 Å². The van der Waals surface area contributed by atoms with E-state index in [-0.39, 0.29) is 25.4 Å². The van der Waals surface area contributed by atoms with Crippen molar-refractivity contribution in [2.45, 2.75) is 25.9 Å². The van der Waals surface area contributed by atoms with Gasteiger partial charge in [0.2, 0.25) is 0 Å². The summed E-state index contributed by atoms with van der Waals surface area (Å²) in [5.41, 5.74) is 0.226. The molecule has 0 saturated heterocycles. The Balaban J connectivity index is 1.55. The van der Waals surface area contributed by atoms with E-state index in [1.165, 1.54) is 11.8 Å². The minimum Gasteiger partial charge on any atom is -0.492 e. The largest absolute Gasteiger partial charge is 0.492 e. The van der Waals surface area contributed by atoms with E-state index in [2.05, 4.69) is 0 Å². The van der Waals surface area contributed by atoms with Crippen LogP contribution in [0, 0.1) is 6.92 Å². The number of rotatable bonds is 6. The van der Waals surface area contributed by atoms with Gasteiger partial charge in [0.25, 0.3) is 5.91 Å². The van der Waals surface area contributed by atoms with E-state index in [0.29, 0.717) is 11.3 Å². The summed E-state index contributed by atoms with van der Waals surface area (Å²) in [4.78, 5) is 26.3. The van der Waals surface area contributed by atoms with E-state index in [1.54, 1.807) is 12.1 Å². The number of nitrogens with zero attached hydrogens (tertiary/aromatic N) is 1. The zero-order valence-corrected chi connectivity index (χ0v) is 16.5. The van der Waals surface area contributed by atoms with Gasteiger partial charge in [-0.15, -0.1) is 0 Å². The van der Waals surface area contributed by atoms with Gasteiger partial charge in [-0.3, -0.25) is 9.59 Å². The second-order valence-corrected chi connectivity index (χ2v) is 7.52. The van der Waals surface area contributed by atoms with Crippen LogP contribution in [0.3, 0.4) is 0 Å². The van der Waals surface area contributed by atoms with Crippen LogP contribution < -0.4 is 9.64 Å². The molecular formula is C24H23NO4. The Morgan fingerprint density at radius 2 is 1.83 bits per heavy atom. The van der Waals surface area contributed by atoms with Crippen LogP contribution >= 0.6 is 0 Å². The maximum atomic E-state index is 13.1. The lowest BCUT2D eigenvalue weighted by molar-refractivity contribution is -0.141. The Bertz CT molecular complexity index is 1110. The molecule has 0 bridgehead atoms. The highest BCUT2D eigenvalue weighted by molar-refractivity contribution is 6.09. The fourth-order valence-corrected chi connectivity index (χ4v) is 4.05. The number of carbonyl (C=O) groups is 2. The minimum atomic E-state index is -1.81. The lowest BCUT2D eigenvalue weighted by atomic mass is 9.89. The molecule has 0 radical (unpaired) electrons. The summed E-state index contributed by atoms with van der Waals surface area (Å²) in [5.74, 6) is 0.0148. The monoisotopic (exact) mass is 389 g/mol. The number of ether oxygens (including phenoxy) is 1. The smallest absolute Gasteiger partial charge is 0.264 e. The van der Waals surface area contributed by atoms with Crippen molar-refractivity contribution in [1.29, 1.82) is 0 Å². The summed E-state index contributed by atoms with van der Waals surface area (Å²) < 4.78 is 5.89. The van der Waals surface area contributed by atoms with Crippen LogP contribution in [0.25, 0.3) is 10.8 Å². The minimum absolute atomic E-state index is 0.232. The summed E-state index contributed by atoms with van der Waals surface area (Å²) in [5, 5.41) is 13.3. The Kier molecular flexibility index (Phi) is 4.84. The zero-order valence-electron chi connectivity index (χ0n) is 16.5. The topological polar surface area (TPSA) is 66.8 Å². The lowest BCUT2D eigenvalue weighted by Crippen LogP contribution is -2.43. The molecule has 0 aromatic heterocycles. The number of hydrogen-bond acceptors (Lipinski definition) is 4. The molecule has 0 fully saturated rings. The average molecular weight is 389 g/mol. The van der Waals surface area contributed by atoms with Gasteiger partial charge in [-0.2, -0.15) is 0 Å². The van der Waals surface area contributed by atoms with Gasteiger partial charge in [-0.05, 0) is 42.3 Å². The van der Waals surface area contributed by atoms with Gasteiger partial charge in [-0.1, -0.05) is 48.5 Å². The van der Waals surface area contributed by atoms with Crippen molar-refractivity contribution < 1.29 is 19.4 Å². The third-order valence-electron chi connectivity index (χ3n) is 5.36. The highest BCUT2D eigenvalue weighted by Crippen LogP contribution is 2.44.